The predicted molar refractivity (Wildman–Crippen MR) is 146 cm³/mol. The summed E-state index contributed by atoms with van der Waals surface area (Å²) in [5, 5.41) is 2.84. The van der Waals surface area contributed by atoms with Crippen LogP contribution in [-0.2, 0) is 19.6 Å². The molecule has 0 atom stereocenters. The summed E-state index contributed by atoms with van der Waals surface area (Å²) in [6.07, 6.45) is 3.41. The van der Waals surface area contributed by atoms with Crippen molar-refractivity contribution < 1.29 is 14.3 Å². The smallest absolute Gasteiger partial charge is 0.317 e. The number of aryl methyl sites for hydroxylation is 1. The number of hydrogen-bond donors (Lipinski definition) is 1. The minimum atomic E-state index is -0.0201. The lowest BCUT2D eigenvalue weighted by molar-refractivity contribution is 0.202. The molecule has 2 fully saturated rings. The number of benzene rings is 3. The molecule has 6 heteroatoms. The average molecular weight is 500 g/mol. The first-order chi connectivity index (χ1) is 18.1. The molecule has 5 rings (SSSR count). The fourth-order valence-corrected chi connectivity index (χ4v) is 5.08. The van der Waals surface area contributed by atoms with Gasteiger partial charge in [0.1, 0.15) is 24.7 Å². The number of urea groups is 1. The van der Waals surface area contributed by atoms with E-state index in [1.807, 2.05) is 30.3 Å². The SMILES string of the molecule is Cc1cc(Cc2ccc(OCc3ccccc3)cc2OCCN2CCNC2=O)ccc1CN1CCCC1. The van der Waals surface area contributed by atoms with Gasteiger partial charge < -0.3 is 19.7 Å². The molecule has 2 amide bonds. The Hall–Kier alpha value is -3.51. The van der Waals surface area contributed by atoms with Crippen LogP contribution in [0.25, 0.3) is 0 Å². The fraction of sp³-hybridized carbons (Fsp3) is 0.387. The zero-order valence-electron chi connectivity index (χ0n) is 21.7. The minimum Gasteiger partial charge on any atom is -0.491 e. The standard InChI is InChI=1S/C31H37N3O3/c1-24-19-26(9-10-28(24)22-33-14-5-6-15-33)20-27-11-12-29(37-23-25-7-3-2-4-8-25)21-30(27)36-18-17-34-16-13-32-31(34)35/h2-4,7-12,19,21H,5-6,13-18,20,22-23H2,1H3,(H,32,35). The topological polar surface area (TPSA) is 54.0 Å². The van der Waals surface area contributed by atoms with E-state index in [4.69, 9.17) is 9.47 Å². The van der Waals surface area contributed by atoms with Crippen LogP contribution >= 0.6 is 0 Å². The summed E-state index contributed by atoms with van der Waals surface area (Å²) in [7, 11) is 0. The van der Waals surface area contributed by atoms with Crippen LogP contribution in [0.3, 0.4) is 0 Å². The summed E-state index contributed by atoms with van der Waals surface area (Å²) in [6, 6.07) is 23.1. The maximum atomic E-state index is 11.9. The number of nitrogens with one attached hydrogen (secondary N) is 1. The van der Waals surface area contributed by atoms with E-state index < -0.39 is 0 Å². The molecule has 194 valence electrons. The molecule has 1 N–H and O–H groups in total. The highest BCUT2D eigenvalue weighted by molar-refractivity contribution is 5.76. The maximum Gasteiger partial charge on any atom is 0.317 e. The lowest BCUT2D eigenvalue weighted by Crippen LogP contribution is -2.31. The Balaban J connectivity index is 1.28. The van der Waals surface area contributed by atoms with Crippen LogP contribution in [0, 0.1) is 6.92 Å². The third kappa shape index (κ3) is 6.83. The van der Waals surface area contributed by atoms with E-state index in [-0.39, 0.29) is 6.03 Å². The van der Waals surface area contributed by atoms with Crippen molar-refractivity contribution in [3.8, 4) is 11.5 Å². The highest BCUT2D eigenvalue weighted by atomic mass is 16.5. The molecule has 2 aliphatic rings. The molecule has 0 bridgehead atoms. The van der Waals surface area contributed by atoms with Gasteiger partial charge in [-0.15, -0.1) is 0 Å². The van der Waals surface area contributed by atoms with Gasteiger partial charge in [-0.1, -0.05) is 54.6 Å². The molecule has 3 aromatic rings. The van der Waals surface area contributed by atoms with Crippen LogP contribution < -0.4 is 14.8 Å². The number of carbonyl (C=O) groups is 1. The van der Waals surface area contributed by atoms with Gasteiger partial charge in [-0.3, -0.25) is 4.90 Å². The van der Waals surface area contributed by atoms with E-state index in [9.17, 15) is 4.79 Å². The first-order valence-electron chi connectivity index (χ1n) is 13.4. The highest BCUT2D eigenvalue weighted by Crippen LogP contribution is 2.29. The van der Waals surface area contributed by atoms with Crippen molar-refractivity contribution in [2.24, 2.45) is 0 Å². The van der Waals surface area contributed by atoms with E-state index in [1.54, 1.807) is 4.90 Å². The van der Waals surface area contributed by atoms with Gasteiger partial charge in [0.05, 0.1) is 6.54 Å². The second-order valence-electron chi connectivity index (χ2n) is 10.0. The van der Waals surface area contributed by atoms with E-state index in [2.05, 4.69) is 53.5 Å². The number of likely N-dealkylation sites (tertiary alicyclic amines) is 1. The van der Waals surface area contributed by atoms with Crippen LogP contribution in [0.2, 0.25) is 0 Å². The van der Waals surface area contributed by atoms with Crippen molar-refractivity contribution in [3.63, 3.8) is 0 Å². The normalized spacial score (nSPS) is 15.7. The molecule has 6 nitrogen and oxygen atoms in total. The highest BCUT2D eigenvalue weighted by Gasteiger charge is 2.19. The van der Waals surface area contributed by atoms with Gasteiger partial charge in [0.15, 0.2) is 0 Å². The third-order valence-electron chi connectivity index (χ3n) is 7.25. The molecule has 0 spiro atoms. The lowest BCUT2D eigenvalue weighted by atomic mass is 9.99. The quantitative estimate of drug-likeness (QED) is 0.396. The zero-order valence-corrected chi connectivity index (χ0v) is 21.7. The summed E-state index contributed by atoms with van der Waals surface area (Å²) in [6.45, 7) is 8.59. The molecule has 0 radical (unpaired) electrons. The number of nitrogens with zero attached hydrogens (tertiary/aromatic N) is 2. The summed E-state index contributed by atoms with van der Waals surface area (Å²) in [5.41, 5.74) is 6.26. The van der Waals surface area contributed by atoms with E-state index in [1.165, 1.54) is 42.6 Å². The number of rotatable bonds is 11. The Kier molecular flexibility index (Phi) is 8.26. The third-order valence-corrected chi connectivity index (χ3v) is 7.25. The van der Waals surface area contributed by atoms with Crippen LogP contribution in [-0.4, -0.2) is 55.2 Å². The summed E-state index contributed by atoms with van der Waals surface area (Å²) < 4.78 is 12.3. The van der Waals surface area contributed by atoms with Gasteiger partial charge >= 0.3 is 6.03 Å². The second-order valence-corrected chi connectivity index (χ2v) is 10.0. The molecule has 2 saturated heterocycles. The summed E-state index contributed by atoms with van der Waals surface area (Å²) in [4.78, 5) is 16.2. The molecule has 2 heterocycles. The Morgan fingerprint density at radius 3 is 2.43 bits per heavy atom. The van der Waals surface area contributed by atoms with Gasteiger partial charge in [0.2, 0.25) is 0 Å². The Morgan fingerprint density at radius 1 is 0.865 bits per heavy atom. The molecular weight excluding hydrogens is 462 g/mol. The van der Waals surface area contributed by atoms with Gasteiger partial charge in [-0.05, 0) is 66.7 Å². The molecule has 0 aliphatic carbocycles. The van der Waals surface area contributed by atoms with Crippen molar-refractivity contribution in [2.45, 2.75) is 39.3 Å². The molecule has 3 aromatic carbocycles. The van der Waals surface area contributed by atoms with Crippen LogP contribution in [0.5, 0.6) is 11.5 Å². The Labute approximate surface area is 220 Å². The largest absolute Gasteiger partial charge is 0.491 e. The van der Waals surface area contributed by atoms with Crippen LogP contribution in [0.4, 0.5) is 4.79 Å². The number of hydrogen-bond acceptors (Lipinski definition) is 4. The van der Waals surface area contributed by atoms with Crippen molar-refractivity contribution >= 4 is 6.03 Å². The monoisotopic (exact) mass is 499 g/mol. The molecule has 0 saturated carbocycles. The summed E-state index contributed by atoms with van der Waals surface area (Å²) in [5.74, 6) is 1.59. The Bertz CT molecular complexity index is 1190. The van der Waals surface area contributed by atoms with E-state index >= 15 is 0 Å². The number of amides is 2. The molecule has 37 heavy (non-hydrogen) atoms. The van der Waals surface area contributed by atoms with Crippen molar-refractivity contribution in [2.75, 3.05) is 39.3 Å². The molecule has 2 aliphatic heterocycles. The predicted octanol–water partition coefficient (Wildman–Crippen LogP) is 5.16. The number of ether oxygens (including phenoxy) is 2. The zero-order chi connectivity index (χ0) is 25.5. The lowest BCUT2D eigenvalue weighted by Gasteiger charge is -2.18. The Morgan fingerprint density at radius 2 is 1.68 bits per heavy atom. The van der Waals surface area contributed by atoms with Crippen molar-refractivity contribution in [1.29, 1.82) is 0 Å². The van der Waals surface area contributed by atoms with E-state index in [0.717, 1.165) is 42.1 Å². The first-order valence-corrected chi connectivity index (χ1v) is 13.4. The molecule has 0 unspecified atom stereocenters. The van der Waals surface area contributed by atoms with Gasteiger partial charge in [-0.25, -0.2) is 4.79 Å². The van der Waals surface area contributed by atoms with Gasteiger partial charge in [-0.2, -0.15) is 0 Å². The molecular formula is C31H37N3O3. The number of carbonyl (C=O) groups excluding carboxylic acids is 1. The van der Waals surface area contributed by atoms with Gasteiger partial charge in [0.25, 0.3) is 0 Å². The average Bonchev–Trinajstić information content (AvgIpc) is 3.58. The maximum absolute atomic E-state index is 11.9. The second kappa shape index (κ2) is 12.2. The van der Waals surface area contributed by atoms with E-state index in [0.29, 0.717) is 26.3 Å². The van der Waals surface area contributed by atoms with Crippen molar-refractivity contribution in [3.05, 3.63) is 94.5 Å². The van der Waals surface area contributed by atoms with Crippen molar-refractivity contribution in [1.82, 2.24) is 15.1 Å². The van der Waals surface area contributed by atoms with Crippen LogP contribution in [0.15, 0.2) is 66.7 Å². The summed E-state index contributed by atoms with van der Waals surface area (Å²) >= 11 is 0. The first kappa shape index (κ1) is 25.2. The minimum absolute atomic E-state index is 0.0201. The molecule has 0 aromatic heterocycles. The fourth-order valence-electron chi connectivity index (χ4n) is 5.08. The van der Waals surface area contributed by atoms with Crippen LogP contribution in [0.1, 0.15) is 40.7 Å². The van der Waals surface area contributed by atoms with Gasteiger partial charge in [0, 0.05) is 32.1 Å².